The van der Waals surface area contributed by atoms with Gasteiger partial charge in [-0.3, -0.25) is 4.79 Å². The molecule has 0 aliphatic carbocycles. The van der Waals surface area contributed by atoms with Crippen LogP contribution in [0, 0.1) is 0 Å². The van der Waals surface area contributed by atoms with Crippen molar-refractivity contribution in [2.45, 2.75) is 44.2 Å². The second-order valence-corrected chi connectivity index (χ2v) is 5.51. The van der Waals surface area contributed by atoms with E-state index in [1.807, 2.05) is 9.58 Å². The van der Waals surface area contributed by atoms with Gasteiger partial charge in [0.2, 0.25) is 5.91 Å². The van der Waals surface area contributed by atoms with Crippen LogP contribution in [-0.2, 0) is 4.79 Å². The van der Waals surface area contributed by atoms with E-state index in [1.54, 1.807) is 12.7 Å². The third-order valence-electron chi connectivity index (χ3n) is 4.14. The zero-order chi connectivity index (χ0) is 13.1. The van der Waals surface area contributed by atoms with E-state index in [0.29, 0.717) is 12.5 Å². The first-order chi connectivity index (χ1) is 9.33. The summed E-state index contributed by atoms with van der Waals surface area (Å²) < 4.78 is 1.88. The van der Waals surface area contributed by atoms with Gasteiger partial charge in [0.15, 0.2) is 0 Å². The predicted octanol–water partition coefficient (Wildman–Crippen LogP) is 1.01. The average molecular weight is 300 g/mol. The molecular weight excluding hydrogens is 278 g/mol. The maximum Gasteiger partial charge on any atom is 0.224 e. The summed E-state index contributed by atoms with van der Waals surface area (Å²) in [6.45, 7) is 2.71. The smallest absolute Gasteiger partial charge is 0.224 e. The second-order valence-electron chi connectivity index (χ2n) is 5.51. The average Bonchev–Trinajstić information content (AvgIpc) is 3.12. The fourth-order valence-corrected chi connectivity index (χ4v) is 3.07. The summed E-state index contributed by atoms with van der Waals surface area (Å²) in [5, 5.41) is 7.58. The number of nitrogens with one attached hydrogen (secondary N) is 1. The Balaban J connectivity index is 0.00000147. The van der Waals surface area contributed by atoms with Crippen molar-refractivity contribution < 1.29 is 4.79 Å². The summed E-state index contributed by atoms with van der Waals surface area (Å²) in [6.07, 6.45) is 8.40. The third-order valence-corrected chi connectivity index (χ3v) is 4.14. The Morgan fingerprint density at radius 1 is 1.35 bits per heavy atom. The molecule has 0 radical (unpaired) electrons. The van der Waals surface area contributed by atoms with Crippen molar-refractivity contribution in [1.29, 1.82) is 0 Å². The van der Waals surface area contributed by atoms with Crippen LogP contribution in [0.3, 0.4) is 0 Å². The number of amides is 1. The van der Waals surface area contributed by atoms with Gasteiger partial charge in [-0.1, -0.05) is 0 Å². The molecule has 1 aromatic rings. The fraction of sp³-hybridized carbons (Fsp3) is 0.769. The number of likely N-dealkylation sites (tertiary alicyclic amines) is 1. The van der Waals surface area contributed by atoms with Crippen molar-refractivity contribution >= 4 is 18.3 Å². The highest BCUT2D eigenvalue weighted by molar-refractivity contribution is 5.85. The lowest BCUT2D eigenvalue weighted by Crippen LogP contribution is -2.42. The molecule has 2 fully saturated rings. The summed E-state index contributed by atoms with van der Waals surface area (Å²) in [5.41, 5.74) is 0. The minimum atomic E-state index is 0. The minimum absolute atomic E-state index is 0. The quantitative estimate of drug-likeness (QED) is 0.905. The molecule has 0 spiro atoms. The number of piperidine rings is 1. The van der Waals surface area contributed by atoms with E-state index in [2.05, 4.69) is 15.4 Å². The molecule has 1 amide bonds. The van der Waals surface area contributed by atoms with Gasteiger partial charge >= 0.3 is 0 Å². The lowest BCUT2D eigenvalue weighted by molar-refractivity contribution is -0.133. The van der Waals surface area contributed by atoms with Crippen LogP contribution in [-0.4, -0.2) is 51.2 Å². The Morgan fingerprint density at radius 2 is 2.25 bits per heavy atom. The molecule has 3 heterocycles. The van der Waals surface area contributed by atoms with E-state index in [4.69, 9.17) is 0 Å². The number of nitrogens with zero attached hydrogens (tertiary/aromatic N) is 4. The van der Waals surface area contributed by atoms with E-state index < -0.39 is 0 Å². The second kappa shape index (κ2) is 7.04. The largest absolute Gasteiger partial charge is 0.341 e. The molecule has 20 heavy (non-hydrogen) atoms. The molecule has 2 saturated heterocycles. The number of hydrogen-bond donors (Lipinski definition) is 1. The molecular formula is C13H22ClN5O. The minimum Gasteiger partial charge on any atom is -0.341 e. The van der Waals surface area contributed by atoms with Crippen molar-refractivity contribution in [3.05, 3.63) is 12.7 Å². The summed E-state index contributed by atoms with van der Waals surface area (Å²) in [5.74, 6) is 0.282. The molecule has 1 N–H and O–H groups in total. The Labute approximate surface area is 125 Å². The number of carbonyl (C=O) groups is 1. The van der Waals surface area contributed by atoms with Crippen molar-refractivity contribution in [2.75, 3.05) is 19.6 Å². The molecule has 2 unspecified atom stereocenters. The van der Waals surface area contributed by atoms with E-state index in [1.165, 1.54) is 6.42 Å². The van der Waals surface area contributed by atoms with Crippen LogP contribution in [0.15, 0.2) is 12.7 Å². The first-order valence-electron chi connectivity index (χ1n) is 7.18. The summed E-state index contributed by atoms with van der Waals surface area (Å²) in [4.78, 5) is 18.3. The maximum absolute atomic E-state index is 12.3. The van der Waals surface area contributed by atoms with Crippen LogP contribution in [0.1, 0.15) is 38.1 Å². The molecule has 0 bridgehead atoms. The van der Waals surface area contributed by atoms with Crippen LogP contribution in [0.2, 0.25) is 0 Å². The Kier molecular flexibility index (Phi) is 5.37. The zero-order valence-electron chi connectivity index (χ0n) is 11.6. The van der Waals surface area contributed by atoms with Gasteiger partial charge in [-0.05, 0) is 32.2 Å². The summed E-state index contributed by atoms with van der Waals surface area (Å²) in [6, 6.07) is 0.677. The Bertz CT molecular complexity index is 418. The highest BCUT2D eigenvalue weighted by Crippen LogP contribution is 2.21. The first kappa shape index (κ1) is 15.3. The predicted molar refractivity (Wildman–Crippen MR) is 77.8 cm³/mol. The van der Waals surface area contributed by atoms with Crippen LogP contribution in [0.5, 0.6) is 0 Å². The van der Waals surface area contributed by atoms with Gasteiger partial charge in [-0.2, -0.15) is 5.10 Å². The molecule has 112 valence electrons. The molecule has 7 heteroatoms. The number of rotatable bonds is 3. The van der Waals surface area contributed by atoms with Gasteiger partial charge in [0, 0.05) is 25.6 Å². The van der Waals surface area contributed by atoms with Gasteiger partial charge in [-0.25, -0.2) is 9.67 Å². The lowest BCUT2D eigenvalue weighted by Gasteiger charge is -2.33. The highest BCUT2D eigenvalue weighted by Gasteiger charge is 2.27. The molecule has 2 aliphatic heterocycles. The number of aromatic nitrogens is 3. The molecule has 2 atom stereocenters. The standard InChI is InChI=1S/C13H21N5O.ClH/c19-13(7-11-3-1-5-15-11)17-6-2-4-12(8-17)18-10-14-9-16-18;/h9-12,15H,1-8H2;1H. The third kappa shape index (κ3) is 3.49. The first-order valence-corrected chi connectivity index (χ1v) is 7.18. The maximum atomic E-state index is 12.3. The Hall–Kier alpha value is -1.14. The van der Waals surface area contributed by atoms with Gasteiger partial charge < -0.3 is 10.2 Å². The van der Waals surface area contributed by atoms with E-state index in [-0.39, 0.29) is 24.4 Å². The number of hydrogen-bond acceptors (Lipinski definition) is 4. The van der Waals surface area contributed by atoms with Gasteiger partial charge in [-0.15, -0.1) is 12.4 Å². The molecule has 3 rings (SSSR count). The fourth-order valence-electron chi connectivity index (χ4n) is 3.07. The van der Waals surface area contributed by atoms with Crippen LogP contribution in [0.25, 0.3) is 0 Å². The Morgan fingerprint density at radius 3 is 2.95 bits per heavy atom. The van der Waals surface area contributed by atoms with Crippen LogP contribution >= 0.6 is 12.4 Å². The zero-order valence-corrected chi connectivity index (χ0v) is 12.4. The van der Waals surface area contributed by atoms with Crippen molar-refractivity contribution in [1.82, 2.24) is 25.0 Å². The van der Waals surface area contributed by atoms with E-state index >= 15 is 0 Å². The van der Waals surface area contributed by atoms with Gasteiger partial charge in [0.1, 0.15) is 12.7 Å². The van der Waals surface area contributed by atoms with Gasteiger partial charge in [0.25, 0.3) is 0 Å². The highest BCUT2D eigenvalue weighted by atomic mass is 35.5. The topological polar surface area (TPSA) is 63.1 Å². The molecule has 6 nitrogen and oxygen atoms in total. The summed E-state index contributed by atoms with van der Waals surface area (Å²) >= 11 is 0. The van der Waals surface area contributed by atoms with Crippen LogP contribution < -0.4 is 5.32 Å². The number of carbonyl (C=O) groups excluding carboxylic acids is 1. The molecule has 0 saturated carbocycles. The van der Waals surface area contributed by atoms with Crippen molar-refractivity contribution in [3.63, 3.8) is 0 Å². The van der Waals surface area contributed by atoms with E-state index in [0.717, 1.165) is 38.9 Å². The normalized spacial score (nSPS) is 26.3. The van der Waals surface area contributed by atoms with E-state index in [9.17, 15) is 4.79 Å². The molecule has 1 aromatic heterocycles. The van der Waals surface area contributed by atoms with Gasteiger partial charge in [0.05, 0.1) is 6.04 Å². The van der Waals surface area contributed by atoms with Crippen molar-refractivity contribution in [2.24, 2.45) is 0 Å². The summed E-state index contributed by atoms with van der Waals surface area (Å²) in [7, 11) is 0. The SMILES string of the molecule is Cl.O=C(CC1CCCN1)N1CCCC(n2cncn2)C1. The molecule has 0 aromatic carbocycles. The lowest BCUT2D eigenvalue weighted by atomic mass is 10.0. The van der Waals surface area contributed by atoms with Crippen LogP contribution in [0.4, 0.5) is 0 Å². The van der Waals surface area contributed by atoms with Crippen molar-refractivity contribution in [3.8, 4) is 0 Å². The molecule has 2 aliphatic rings. The number of halogens is 1. The monoisotopic (exact) mass is 299 g/mol.